The van der Waals surface area contributed by atoms with Crippen LogP contribution in [0.15, 0.2) is 29.5 Å². The van der Waals surface area contributed by atoms with Crippen molar-refractivity contribution in [3.63, 3.8) is 0 Å². The van der Waals surface area contributed by atoms with E-state index >= 15 is 0 Å². The fraction of sp³-hybridized carbons (Fsp3) is 0.615. The third-order valence-corrected chi connectivity index (χ3v) is 7.84. The van der Waals surface area contributed by atoms with Gasteiger partial charge in [-0.25, -0.2) is 0 Å². The molecule has 6 heteroatoms. The van der Waals surface area contributed by atoms with Crippen LogP contribution in [-0.4, -0.2) is 15.7 Å². The Kier molecular flexibility index (Phi) is 12.1. The number of unbranched alkanes of at least 4 members (excludes halogenated alkanes) is 8. The van der Waals surface area contributed by atoms with Gasteiger partial charge in [-0.2, -0.15) is 0 Å². The predicted molar refractivity (Wildman–Crippen MR) is 147 cm³/mol. The first-order chi connectivity index (χ1) is 15.2. The summed E-state index contributed by atoms with van der Waals surface area (Å²) in [5, 5.41) is 4.52. The van der Waals surface area contributed by atoms with Crippen LogP contribution in [0.3, 0.4) is 0 Å². The molecule has 0 unspecified atom stereocenters. The average molecular weight is 515 g/mol. The van der Waals surface area contributed by atoms with Crippen LogP contribution in [0.5, 0.6) is 0 Å². The predicted octanol–water partition coefficient (Wildman–Crippen LogP) is 9.64. The van der Waals surface area contributed by atoms with Gasteiger partial charge in [0.2, 0.25) is 0 Å². The van der Waals surface area contributed by atoms with Gasteiger partial charge in [-0.1, -0.05) is 108 Å². The van der Waals surface area contributed by atoms with Crippen LogP contribution in [0.4, 0.5) is 5.69 Å². The highest BCUT2D eigenvalue weighted by molar-refractivity contribution is 8.23. The first-order valence-corrected chi connectivity index (χ1v) is 14.0. The van der Waals surface area contributed by atoms with E-state index in [2.05, 4.69) is 26.1 Å². The molecule has 178 valence electrons. The summed E-state index contributed by atoms with van der Waals surface area (Å²) < 4.78 is 0.706. The number of allylic oxidation sites excluding steroid dienone is 1. The zero-order valence-electron chi connectivity index (χ0n) is 19.7. The van der Waals surface area contributed by atoms with E-state index in [1.807, 2.05) is 6.07 Å². The summed E-state index contributed by atoms with van der Waals surface area (Å²) in [6, 6.07) is 5.35. The van der Waals surface area contributed by atoms with E-state index in [4.69, 9.17) is 35.4 Å². The molecule has 0 fully saturated rings. The van der Waals surface area contributed by atoms with Crippen molar-refractivity contribution in [1.29, 1.82) is 0 Å². The monoisotopic (exact) mass is 513 g/mol. The second-order valence-electron chi connectivity index (χ2n) is 9.51. The smallest absolute Gasteiger partial charge is 0.167 e. The number of thioether (sulfide) groups is 1. The molecule has 0 aliphatic heterocycles. The summed E-state index contributed by atoms with van der Waals surface area (Å²) in [4.78, 5) is 13.0. The number of thiocarbonyl (C=S) groups is 1. The Balaban J connectivity index is 1.92. The highest BCUT2D eigenvalue weighted by atomic mass is 35.5. The van der Waals surface area contributed by atoms with Gasteiger partial charge in [-0.15, -0.1) is 11.8 Å². The molecule has 1 aromatic carbocycles. The molecular weight excluding hydrogens is 477 g/mol. The quantitative estimate of drug-likeness (QED) is 0.210. The molecule has 32 heavy (non-hydrogen) atoms. The minimum absolute atomic E-state index is 0.112. The number of halogens is 2. The van der Waals surface area contributed by atoms with Crippen LogP contribution in [0.1, 0.15) is 91.4 Å². The Labute approximate surface area is 214 Å². The van der Waals surface area contributed by atoms with Gasteiger partial charge < -0.3 is 5.32 Å². The molecule has 2 nitrogen and oxygen atoms in total. The van der Waals surface area contributed by atoms with E-state index in [0.29, 0.717) is 26.2 Å². The molecule has 2 rings (SSSR count). The van der Waals surface area contributed by atoms with Crippen LogP contribution in [0.2, 0.25) is 10.0 Å². The summed E-state index contributed by atoms with van der Waals surface area (Å²) in [5.41, 5.74) is 2.19. The zero-order chi connectivity index (χ0) is 23.6. The van der Waals surface area contributed by atoms with Crippen molar-refractivity contribution in [3.05, 3.63) is 39.5 Å². The lowest BCUT2D eigenvalue weighted by molar-refractivity contribution is -0.117. The summed E-state index contributed by atoms with van der Waals surface area (Å²) in [6.07, 6.45) is 13.0. The molecule has 0 amide bonds. The Hall–Kier alpha value is -0.550. The number of nitrogens with one attached hydrogen (secondary N) is 1. The van der Waals surface area contributed by atoms with E-state index in [1.165, 1.54) is 51.4 Å². The van der Waals surface area contributed by atoms with E-state index in [9.17, 15) is 4.79 Å². The maximum atomic E-state index is 13.0. The minimum Gasteiger partial charge on any atom is -0.357 e. The third kappa shape index (κ3) is 9.37. The van der Waals surface area contributed by atoms with Crippen molar-refractivity contribution in [2.45, 2.75) is 91.4 Å². The number of anilines is 1. The standard InChI is InChI=1S/C26H37Cl2NOS2/c1-4-5-6-7-8-9-10-11-12-15-32-25(31)24-22(17-26(2,3)18-23(24)30)29-21-14-13-19(27)16-20(21)28/h13-14,16,29H,4-12,15,17-18H2,1-3H3. The highest BCUT2D eigenvalue weighted by Crippen LogP contribution is 2.40. The SMILES string of the molecule is CCCCCCCCCCCSC(=S)C1=C(Nc2ccc(Cl)cc2Cl)CC(C)(C)CC1=O. The molecular formula is C26H37Cl2NOS2. The molecule has 1 aliphatic carbocycles. The second kappa shape index (κ2) is 14.0. The van der Waals surface area contributed by atoms with Crippen molar-refractivity contribution in [1.82, 2.24) is 0 Å². The van der Waals surface area contributed by atoms with Gasteiger partial charge in [0.05, 0.1) is 20.5 Å². The fourth-order valence-electron chi connectivity index (χ4n) is 4.07. The summed E-state index contributed by atoms with van der Waals surface area (Å²) >= 11 is 19.8. The molecule has 0 radical (unpaired) electrons. The number of ketones is 1. The molecule has 1 aliphatic rings. The van der Waals surface area contributed by atoms with Gasteiger partial charge in [-0.3, -0.25) is 4.79 Å². The van der Waals surface area contributed by atoms with E-state index in [-0.39, 0.29) is 11.2 Å². The van der Waals surface area contributed by atoms with Crippen molar-refractivity contribution in [2.75, 3.05) is 11.1 Å². The highest BCUT2D eigenvalue weighted by Gasteiger charge is 2.35. The first kappa shape index (κ1) is 27.7. The van der Waals surface area contributed by atoms with Gasteiger partial charge in [-0.05, 0) is 42.2 Å². The molecule has 0 bridgehead atoms. The van der Waals surface area contributed by atoms with Crippen LogP contribution < -0.4 is 5.32 Å². The number of benzene rings is 1. The Morgan fingerprint density at radius 1 is 1.03 bits per heavy atom. The zero-order valence-corrected chi connectivity index (χ0v) is 22.8. The lowest BCUT2D eigenvalue weighted by Gasteiger charge is -2.33. The van der Waals surface area contributed by atoms with Crippen molar-refractivity contribution < 1.29 is 4.79 Å². The largest absolute Gasteiger partial charge is 0.357 e. The summed E-state index contributed by atoms with van der Waals surface area (Å²) in [7, 11) is 0. The van der Waals surface area contributed by atoms with Crippen LogP contribution >= 0.6 is 47.2 Å². The lowest BCUT2D eigenvalue weighted by Crippen LogP contribution is -2.30. The normalized spacial score (nSPS) is 15.8. The summed E-state index contributed by atoms with van der Waals surface area (Å²) in [5.74, 6) is 1.09. The van der Waals surface area contributed by atoms with Gasteiger partial charge in [0.15, 0.2) is 5.78 Å². The molecule has 0 spiro atoms. The van der Waals surface area contributed by atoms with E-state index < -0.39 is 0 Å². The lowest BCUT2D eigenvalue weighted by atomic mass is 9.76. The van der Waals surface area contributed by atoms with Crippen LogP contribution in [0, 0.1) is 5.41 Å². The third-order valence-electron chi connectivity index (χ3n) is 5.78. The first-order valence-electron chi connectivity index (χ1n) is 11.9. The average Bonchev–Trinajstić information content (AvgIpc) is 2.70. The number of carbonyl (C=O) groups excluding carboxylic acids is 1. The van der Waals surface area contributed by atoms with Gasteiger partial charge in [0, 0.05) is 17.1 Å². The molecule has 0 heterocycles. The second-order valence-corrected chi connectivity index (χ2v) is 12.1. The number of hydrogen-bond acceptors (Lipinski definition) is 4. The number of carbonyl (C=O) groups is 1. The molecule has 1 aromatic rings. The van der Waals surface area contributed by atoms with Crippen molar-refractivity contribution in [3.8, 4) is 0 Å². The van der Waals surface area contributed by atoms with Crippen LogP contribution in [-0.2, 0) is 4.79 Å². The minimum atomic E-state index is -0.112. The van der Waals surface area contributed by atoms with Gasteiger partial charge >= 0.3 is 0 Å². The summed E-state index contributed by atoms with van der Waals surface area (Å²) in [6.45, 7) is 6.49. The number of hydrogen-bond donors (Lipinski definition) is 1. The fourth-order valence-corrected chi connectivity index (χ4v) is 5.93. The van der Waals surface area contributed by atoms with Crippen molar-refractivity contribution in [2.24, 2.45) is 5.41 Å². The molecule has 0 atom stereocenters. The van der Waals surface area contributed by atoms with Gasteiger partial charge in [0.25, 0.3) is 0 Å². The topological polar surface area (TPSA) is 29.1 Å². The number of Topliss-reactive ketones (excluding diaryl/α,β-unsaturated/α-hetero) is 1. The molecule has 1 N–H and O–H groups in total. The Morgan fingerprint density at radius 3 is 2.28 bits per heavy atom. The van der Waals surface area contributed by atoms with Crippen LogP contribution in [0.25, 0.3) is 0 Å². The van der Waals surface area contributed by atoms with E-state index in [1.54, 1.807) is 23.9 Å². The maximum Gasteiger partial charge on any atom is 0.167 e. The molecule has 0 aromatic heterocycles. The van der Waals surface area contributed by atoms with Gasteiger partial charge in [0.1, 0.15) is 0 Å². The molecule has 0 saturated carbocycles. The van der Waals surface area contributed by atoms with E-state index in [0.717, 1.165) is 30.0 Å². The maximum absolute atomic E-state index is 13.0. The molecule has 0 saturated heterocycles. The Bertz CT molecular complexity index is 820. The Morgan fingerprint density at radius 2 is 1.66 bits per heavy atom. The van der Waals surface area contributed by atoms with Crippen molar-refractivity contribution >= 4 is 62.8 Å². The number of rotatable bonds is 13.